The quantitative estimate of drug-likeness (QED) is 0.775. The lowest BCUT2D eigenvalue weighted by Gasteiger charge is -2.05. The molecule has 0 saturated heterocycles. The molecule has 0 spiro atoms. The van der Waals surface area contributed by atoms with Gasteiger partial charge in [-0.2, -0.15) is 0 Å². The number of fused-ring (bicyclic) bond motifs is 1. The number of amides is 1. The average Bonchev–Trinajstić information content (AvgIpc) is 2.76. The number of hydrogen-bond donors (Lipinski definition) is 2. The summed E-state index contributed by atoms with van der Waals surface area (Å²) in [5.41, 5.74) is 3.22. The minimum absolute atomic E-state index is 0.144. The molecule has 2 aromatic heterocycles. The Bertz CT molecular complexity index is 796. The van der Waals surface area contributed by atoms with E-state index in [0.717, 1.165) is 22.2 Å². The van der Waals surface area contributed by atoms with E-state index in [1.165, 1.54) is 12.1 Å². The molecule has 2 N–H and O–H groups in total. The largest absolute Gasteiger partial charge is 0.358 e. The second kappa shape index (κ2) is 5.36. The predicted octanol–water partition coefficient (Wildman–Crippen LogP) is 3.19. The molecule has 0 saturated carbocycles. The van der Waals surface area contributed by atoms with E-state index in [9.17, 15) is 9.18 Å². The lowest BCUT2D eigenvalue weighted by Crippen LogP contribution is -2.14. The zero-order chi connectivity index (χ0) is 14.8. The van der Waals surface area contributed by atoms with Gasteiger partial charge in [-0.3, -0.25) is 9.78 Å². The Hall–Kier alpha value is -2.69. The number of aryl methyl sites for hydroxylation is 1. The van der Waals surface area contributed by atoms with Gasteiger partial charge in [-0.25, -0.2) is 4.39 Å². The Morgan fingerprint density at radius 2 is 2.05 bits per heavy atom. The van der Waals surface area contributed by atoms with Gasteiger partial charge in [0.15, 0.2) is 0 Å². The first-order valence-electron chi connectivity index (χ1n) is 6.60. The first-order chi connectivity index (χ1) is 10.1. The Kier molecular flexibility index (Phi) is 3.39. The van der Waals surface area contributed by atoms with Crippen molar-refractivity contribution < 1.29 is 9.18 Å². The Balaban J connectivity index is 1.86. The number of aromatic nitrogens is 2. The van der Waals surface area contributed by atoms with Crippen molar-refractivity contribution in [1.29, 1.82) is 0 Å². The number of hydrogen-bond acceptors (Lipinski definition) is 2. The van der Waals surface area contributed by atoms with Crippen LogP contribution in [-0.4, -0.2) is 15.9 Å². The molecule has 5 heteroatoms. The third-order valence-corrected chi connectivity index (χ3v) is 3.38. The SMILES string of the molecule is Cc1[nH]c2ccc(F)cc2c1CC(=O)Nc1ccncc1. The summed E-state index contributed by atoms with van der Waals surface area (Å²) in [5.74, 6) is -0.452. The Morgan fingerprint density at radius 3 is 2.81 bits per heavy atom. The van der Waals surface area contributed by atoms with E-state index in [1.54, 1.807) is 30.6 Å². The maximum Gasteiger partial charge on any atom is 0.228 e. The molecular weight excluding hydrogens is 269 g/mol. The molecule has 0 radical (unpaired) electrons. The normalized spacial score (nSPS) is 10.8. The summed E-state index contributed by atoms with van der Waals surface area (Å²) in [6.45, 7) is 1.88. The highest BCUT2D eigenvalue weighted by Crippen LogP contribution is 2.23. The van der Waals surface area contributed by atoms with Gasteiger partial charge in [-0.05, 0) is 42.8 Å². The summed E-state index contributed by atoms with van der Waals surface area (Å²) >= 11 is 0. The summed E-state index contributed by atoms with van der Waals surface area (Å²) in [4.78, 5) is 19.2. The number of benzene rings is 1. The fourth-order valence-corrected chi connectivity index (χ4v) is 2.38. The second-order valence-corrected chi connectivity index (χ2v) is 4.88. The van der Waals surface area contributed by atoms with E-state index in [2.05, 4.69) is 15.3 Å². The molecule has 0 fully saturated rings. The summed E-state index contributed by atoms with van der Waals surface area (Å²) in [6.07, 6.45) is 3.42. The van der Waals surface area contributed by atoms with Gasteiger partial charge in [0.1, 0.15) is 5.82 Å². The zero-order valence-corrected chi connectivity index (χ0v) is 11.5. The molecular formula is C16H14FN3O. The van der Waals surface area contributed by atoms with Gasteiger partial charge in [0.05, 0.1) is 6.42 Å². The first-order valence-corrected chi connectivity index (χ1v) is 6.60. The molecule has 3 rings (SSSR count). The van der Waals surface area contributed by atoms with Crippen LogP contribution in [0.5, 0.6) is 0 Å². The molecule has 1 aromatic carbocycles. The monoisotopic (exact) mass is 283 g/mol. The van der Waals surface area contributed by atoms with Gasteiger partial charge < -0.3 is 10.3 Å². The Labute approximate surface area is 121 Å². The zero-order valence-electron chi connectivity index (χ0n) is 11.5. The summed E-state index contributed by atoms with van der Waals surface area (Å²) in [5, 5.41) is 3.55. The van der Waals surface area contributed by atoms with E-state index in [1.807, 2.05) is 6.92 Å². The van der Waals surface area contributed by atoms with Gasteiger partial charge in [0.25, 0.3) is 0 Å². The van der Waals surface area contributed by atoms with Gasteiger partial charge >= 0.3 is 0 Å². The maximum atomic E-state index is 13.4. The van der Waals surface area contributed by atoms with E-state index in [4.69, 9.17) is 0 Å². The standard InChI is InChI=1S/C16H14FN3O/c1-10-13(14-8-11(17)2-3-15(14)19-10)9-16(21)20-12-4-6-18-7-5-12/h2-8,19H,9H2,1H3,(H,18,20,21). The summed E-state index contributed by atoms with van der Waals surface area (Å²) in [7, 11) is 0. The fraction of sp³-hybridized carbons (Fsp3) is 0.125. The maximum absolute atomic E-state index is 13.4. The smallest absolute Gasteiger partial charge is 0.228 e. The van der Waals surface area contributed by atoms with Crippen molar-refractivity contribution in [1.82, 2.24) is 9.97 Å². The number of nitrogens with zero attached hydrogens (tertiary/aromatic N) is 1. The van der Waals surface area contributed by atoms with E-state index in [-0.39, 0.29) is 18.1 Å². The highest BCUT2D eigenvalue weighted by molar-refractivity contribution is 5.96. The number of aromatic amines is 1. The van der Waals surface area contributed by atoms with Crippen molar-refractivity contribution in [3.63, 3.8) is 0 Å². The molecule has 0 aliphatic carbocycles. The molecule has 3 aromatic rings. The first kappa shape index (κ1) is 13.3. The predicted molar refractivity (Wildman–Crippen MR) is 79.6 cm³/mol. The number of halogens is 1. The van der Waals surface area contributed by atoms with E-state index in [0.29, 0.717) is 5.69 Å². The molecule has 4 nitrogen and oxygen atoms in total. The van der Waals surface area contributed by atoms with Gasteiger partial charge in [0, 0.05) is 34.7 Å². The van der Waals surface area contributed by atoms with E-state index < -0.39 is 0 Å². The highest BCUT2D eigenvalue weighted by atomic mass is 19.1. The third kappa shape index (κ3) is 2.76. The number of carbonyl (C=O) groups excluding carboxylic acids is 1. The van der Waals surface area contributed by atoms with Crippen LogP contribution in [0.3, 0.4) is 0 Å². The number of H-pyrrole nitrogens is 1. The van der Waals surface area contributed by atoms with Gasteiger partial charge in [-0.15, -0.1) is 0 Å². The van der Waals surface area contributed by atoms with Crippen molar-refractivity contribution >= 4 is 22.5 Å². The lowest BCUT2D eigenvalue weighted by atomic mass is 10.1. The average molecular weight is 283 g/mol. The summed E-state index contributed by atoms with van der Waals surface area (Å²) in [6, 6.07) is 7.98. The molecule has 2 heterocycles. The lowest BCUT2D eigenvalue weighted by molar-refractivity contribution is -0.115. The molecule has 0 atom stereocenters. The van der Waals surface area contributed by atoms with Crippen LogP contribution < -0.4 is 5.32 Å². The number of rotatable bonds is 3. The van der Waals surface area contributed by atoms with Crippen LogP contribution in [0.1, 0.15) is 11.3 Å². The Morgan fingerprint density at radius 1 is 1.29 bits per heavy atom. The minimum atomic E-state index is -0.308. The molecule has 106 valence electrons. The summed E-state index contributed by atoms with van der Waals surface area (Å²) < 4.78 is 13.4. The molecule has 0 unspecified atom stereocenters. The van der Waals surface area contributed by atoms with Crippen LogP contribution in [0.2, 0.25) is 0 Å². The van der Waals surface area contributed by atoms with Crippen LogP contribution in [0.15, 0.2) is 42.7 Å². The topological polar surface area (TPSA) is 57.8 Å². The number of anilines is 1. The van der Waals surface area contributed by atoms with Gasteiger partial charge in [0.2, 0.25) is 5.91 Å². The number of carbonyl (C=O) groups is 1. The highest BCUT2D eigenvalue weighted by Gasteiger charge is 2.13. The second-order valence-electron chi connectivity index (χ2n) is 4.88. The van der Waals surface area contributed by atoms with Crippen LogP contribution in [0.25, 0.3) is 10.9 Å². The molecule has 21 heavy (non-hydrogen) atoms. The van der Waals surface area contributed by atoms with Crippen molar-refractivity contribution in [2.24, 2.45) is 0 Å². The van der Waals surface area contributed by atoms with Crippen LogP contribution >= 0.6 is 0 Å². The van der Waals surface area contributed by atoms with Crippen molar-refractivity contribution in [2.75, 3.05) is 5.32 Å². The van der Waals surface area contributed by atoms with Crippen molar-refractivity contribution in [3.05, 3.63) is 59.8 Å². The molecule has 1 amide bonds. The van der Waals surface area contributed by atoms with Gasteiger partial charge in [-0.1, -0.05) is 0 Å². The van der Waals surface area contributed by atoms with Crippen LogP contribution in [-0.2, 0) is 11.2 Å². The van der Waals surface area contributed by atoms with Crippen LogP contribution in [0.4, 0.5) is 10.1 Å². The third-order valence-electron chi connectivity index (χ3n) is 3.38. The fourth-order valence-electron chi connectivity index (χ4n) is 2.38. The van der Waals surface area contributed by atoms with Crippen LogP contribution in [0, 0.1) is 12.7 Å². The number of pyridine rings is 1. The van der Waals surface area contributed by atoms with E-state index >= 15 is 0 Å². The molecule has 0 aliphatic heterocycles. The van der Waals surface area contributed by atoms with Crippen molar-refractivity contribution in [3.8, 4) is 0 Å². The molecule has 0 bridgehead atoms. The molecule has 0 aliphatic rings. The van der Waals surface area contributed by atoms with Crippen molar-refractivity contribution in [2.45, 2.75) is 13.3 Å². The number of nitrogens with one attached hydrogen (secondary N) is 2. The minimum Gasteiger partial charge on any atom is -0.358 e.